The first-order chi connectivity index (χ1) is 13.9. The van der Waals surface area contributed by atoms with E-state index in [2.05, 4.69) is 20.5 Å². The number of alkyl halides is 1. The van der Waals surface area contributed by atoms with Crippen LogP contribution in [0.15, 0.2) is 40.7 Å². The molecule has 3 aliphatic rings. The second-order valence-electron chi connectivity index (χ2n) is 7.94. The quantitative estimate of drug-likeness (QED) is 0.783. The van der Waals surface area contributed by atoms with Gasteiger partial charge in [-0.2, -0.15) is 5.10 Å². The van der Waals surface area contributed by atoms with Gasteiger partial charge in [-0.1, -0.05) is 0 Å². The number of rotatable bonds is 5. The minimum atomic E-state index is -1.52. The van der Waals surface area contributed by atoms with Gasteiger partial charge in [-0.05, 0) is 19.9 Å². The van der Waals surface area contributed by atoms with E-state index < -0.39 is 12.3 Å². The molecule has 4 rings (SSSR count). The fourth-order valence-electron chi connectivity index (χ4n) is 3.77. The van der Waals surface area contributed by atoms with Crippen LogP contribution >= 0.6 is 0 Å². The number of halogens is 2. The minimum absolute atomic E-state index is 0.134. The molecule has 156 valence electrons. The van der Waals surface area contributed by atoms with Crippen molar-refractivity contribution in [3.8, 4) is 0 Å². The maximum atomic E-state index is 14.3. The SMILES string of the molecule is CC(C)OC1=C(F)CC2NN=C(c3cc(N4CCC(F)(CO)CC4)ncn3)C2=C1. The van der Waals surface area contributed by atoms with Gasteiger partial charge >= 0.3 is 0 Å². The molecule has 0 radical (unpaired) electrons. The molecule has 0 amide bonds. The zero-order valence-electron chi connectivity index (χ0n) is 16.5. The van der Waals surface area contributed by atoms with Gasteiger partial charge in [0, 0.05) is 44.0 Å². The highest BCUT2D eigenvalue weighted by molar-refractivity contribution is 6.14. The van der Waals surface area contributed by atoms with Gasteiger partial charge < -0.3 is 20.2 Å². The Morgan fingerprint density at radius 3 is 2.79 bits per heavy atom. The summed E-state index contributed by atoms with van der Waals surface area (Å²) in [6.45, 7) is 4.17. The molecule has 0 aromatic carbocycles. The Balaban J connectivity index is 1.56. The number of allylic oxidation sites excluding steroid dienone is 1. The number of aliphatic hydroxyl groups is 1. The van der Waals surface area contributed by atoms with Crippen LogP contribution in [0.1, 0.15) is 38.8 Å². The lowest BCUT2D eigenvalue weighted by molar-refractivity contribution is 0.0480. The molecule has 29 heavy (non-hydrogen) atoms. The highest BCUT2D eigenvalue weighted by Crippen LogP contribution is 2.33. The summed E-state index contributed by atoms with van der Waals surface area (Å²) < 4.78 is 34.2. The molecule has 3 heterocycles. The first-order valence-electron chi connectivity index (χ1n) is 9.86. The van der Waals surface area contributed by atoms with E-state index >= 15 is 0 Å². The lowest BCUT2D eigenvalue weighted by Crippen LogP contribution is -2.44. The Morgan fingerprint density at radius 2 is 2.10 bits per heavy atom. The Morgan fingerprint density at radius 1 is 1.34 bits per heavy atom. The molecule has 0 bridgehead atoms. The van der Waals surface area contributed by atoms with E-state index in [1.54, 1.807) is 6.08 Å². The summed E-state index contributed by atoms with van der Waals surface area (Å²) in [5, 5.41) is 13.6. The van der Waals surface area contributed by atoms with E-state index in [-0.39, 0.29) is 43.0 Å². The third-order valence-electron chi connectivity index (χ3n) is 5.44. The standard InChI is InChI=1S/C20H25F2N5O2/c1-12(2)29-17-7-13-15(8-14(17)21)25-26-19(13)16-9-18(24-11-23-16)27-5-3-20(22,10-28)4-6-27/h7,9,11-12,15,25,28H,3-6,8,10H2,1-2H3. The van der Waals surface area contributed by atoms with Crippen molar-refractivity contribution in [1.82, 2.24) is 15.4 Å². The Labute approximate surface area is 168 Å². The number of ether oxygens (including phenoxy) is 1. The molecule has 1 aromatic rings. The second kappa shape index (κ2) is 7.70. The van der Waals surface area contributed by atoms with Gasteiger partial charge in [0.05, 0.1) is 24.4 Å². The average molecular weight is 405 g/mol. The number of nitrogens with zero attached hydrogens (tertiary/aromatic N) is 4. The van der Waals surface area contributed by atoms with Crippen LogP contribution in [0.2, 0.25) is 0 Å². The third kappa shape index (κ3) is 3.96. The fraction of sp³-hybridized carbons (Fsp3) is 0.550. The van der Waals surface area contributed by atoms with Gasteiger partial charge in [0.25, 0.3) is 0 Å². The van der Waals surface area contributed by atoms with Crippen LogP contribution in [-0.4, -0.2) is 58.3 Å². The molecular weight excluding hydrogens is 380 g/mol. The van der Waals surface area contributed by atoms with Crippen molar-refractivity contribution in [2.24, 2.45) is 5.10 Å². The summed E-state index contributed by atoms with van der Waals surface area (Å²) >= 11 is 0. The Hall–Kier alpha value is -2.55. The number of hydrazone groups is 1. The summed E-state index contributed by atoms with van der Waals surface area (Å²) in [4.78, 5) is 10.6. The lowest BCUT2D eigenvalue weighted by atomic mass is 9.93. The van der Waals surface area contributed by atoms with Crippen molar-refractivity contribution in [2.75, 3.05) is 24.6 Å². The molecule has 1 aromatic heterocycles. The van der Waals surface area contributed by atoms with E-state index in [1.807, 2.05) is 24.8 Å². The summed E-state index contributed by atoms with van der Waals surface area (Å²) in [5.41, 5.74) is 3.52. The average Bonchev–Trinajstić information content (AvgIpc) is 3.11. The van der Waals surface area contributed by atoms with Gasteiger partial charge in [-0.25, -0.2) is 18.7 Å². The van der Waals surface area contributed by atoms with Crippen LogP contribution in [0, 0.1) is 0 Å². The van der Waals surface area contributed by atoms with Crippen molar-refractivity contribution in [3.63, 3.8) is 0 Å². The Bertz CT molecular complexity index is 875. The van der Waals surface area contributed by atoms with Crippen molar-refractivity contribution < 1.29 is 18.6 Å². The zero-order valence-corrected chi connectivity index (χ0v) is 16.5. The van der Waals surface area contributed by atoms with Gasteiger partial charge in [0.1, 0.15) is 29.4 Å². The molecule has 1 atom stereocenters. The van der Waals surface area contributed by atoms with Gasteiger partial charge in [-0.15, -0.1) is 0 Å². The number of anilines is 1. The summed E-state index contributed by atoms with van der Waals surface area (Å²) in [5.74, 6) is 0.612. The van der Waals surface area contributed by atoms with E-state index in [1.165, 1.54) is 6.33 Å². The highest BCUT2D eigenvalue weighted by atomic mass is 19.1. The fourth-order valence-corrected chi connectivity index (χ4v) is 3.77. The molecule has 1 saturated heterocycles. The lowest BCUT2D eigenvalue weighted by Gasteiger charge is -2.35. The molecule has 0 spiro atoms. The van der Waals surface area contributed by atoms with Crippen molar-refractivity contribution in [3.05, 3.63) is 41.3 Å². The zero-order chi connectivity index (χ0) is 20.6. The maximum absolute atomic E-state index is 14.3. The van der Waals surface area contributed by atoms with Crippen molar-refractivity contribution in [1.29, 1.82) is 0 Å². The minimum Gasteiger partial charge on any atom is -0.488 e. The largest absolute Gasteiger partial charge is 0.488 e. The highest BCUT2D eigenvalue weighted by Gasteiger charge is 2.35. The molecule has 9 heteroatoms. The number of fused-ring (bicyclic) bond motifs is 1. The van der Waals surface area contributed by atoms with Crippen molar-refractivity contribution in [2.45, 2.75) is 50.9 Å². The molecule has 2 N–H and O–H groups in total. The molecule has 1 fully saturated rings. The number of piperidine rings is 1. The number of nitrogens with one attached hydrogen (secondary N) is 1. The third-order valence-corrected chi connectivity index (χ3v) is 5.44. The second-order valence-corrected chi connectivity index (χ2v) is 7.94. The first-order valence-corrected chi connectivity index (χ1v) is 9.86. The van der Waals surface area contributed by atoms with Crippen LogP contribution in [0.5, 0.6) is 0 Å². The molecule has 1 unspecified atom stereocenters. The number of aliphatic hydroxyl groups excluding tert-OH is 1. The normalized spacial score (nSPS) is 23.5. The summed E-state index contributed by atoms with van der Waals surface area (Å²) in [7, 11) is 0. The first kappa shape index (κ1) is 19.8. The summed E-state index contributed by atoms with van der Waals surface area (Å²) in [6, 6.07) is 1.56. The van der Waals surface area contributed by atoms with Crippen LogP contribution in [-0.2, 0) is 4.74 Å². The number of aromatic nitrogens is 2. The summed E-state index contributed by atoms with van der Waals surface area (Å²) in [6.07, 6.45) is 3.67. The van der Waals surface area contributed by atoms with E-state index in [4.69, 9.17) is 4.74 Å². The van der Waals surface area contributed by atoms with Crippen LogP contribution in [0.3, 0.4) is 0 Å². The molecule has 2 aliphatic heterocycles. The van der Waals surface area contributed by atoms with Gasteiger partial charge in [-0.3, -0.25) is 0 Å². The van der Waals surface area contributed by atoms with E-state index in [0.29, 0.717) is 30.3 Å². The van der Waals surface area contributed by atoms with Gasteiger partial charge in [0.15, 0.2) is 5.76 Å². The topological polar surface area (TPSA) is 82.9 Å². The van der Waals surface area contributed by atoms with Crippen LogP contribution in [0.25, 0.3) is 0 Å². The van der Waals surface area contributed by atoms with Crippen LogP contribution in [0.4, 0.5) is 14.6 Å². The maximum Gasteiger partial charge on any atom is 0.151 e. The van der Waals surface area contributed by atoms with Crippen LogP contribution < -0.4 is 10.3 Å². The molecular formula is C20H25F2N5O2. The van der Waals surface area contributed by atoms with Crippen molar-refractivity contribution >= 4 is 11.5 Å². The molecule has 1 aliphatic carbocycles. The van der Waals surface area contributed by atoms with E-state index in [0.717, 1.165) is 5.57 Å². The monoisotopic (exact) mass is 405 g/mol. The smallest absolute Gasteiger partial charge is 0.151 e. The molecule has 0 saturated carbocycles. The van der Waals surface area contributed by atoms with Gasteiger partial charge in [0.2, 0.25) is 0 Å². The molecule has 7 nitrogen and oxygen atoms in total. The predicted molar refractivity (Wildman–Crippen MR) is 105 cm³/mol. The van der Waals surface area contributed by atoms with E-state index in [9.17, 15) is 13.9 Å². The Kier molecular flexibility index (Phi) is 5.24. The number of hydrogen-bond donors (Lipinski definition) is 2. The predicted octanol–water partition coefficient (Wildman–Crippen LogP) is 2.39. The number of hydrogen-bond acceptors (Lipinski definition) is 7.